The Hall–Kier alpha value is -0.710. The first-order valence-corrected chi connectivity index (χ1v) is 4.57. The summed E-state index contributed by atoms with van der Waals surface area (Å²) in [5.74, 6) is -1.07. The molecule has 3 N–H and O–H groups in total. The predicted octanol–water partition coefficient (Wildman–Crippen LogP) is 2.25. The second-order valence-corrected chi connectivity index (χ2v) is 3.58. The molecule has 0 radical (unpaired) electrons. The average Bonchev–Trinajstić information content (AvgIpc) is 2.10. The molecule has 7 heteroatoms. The monoisotopic (exact) mass is 254 g/mol. The Morgan fingerprint density at radius 2 is 1.93 bits per heavy atom. The topological polar surface area (TPSA) is 76.2 Å². The van der Waals surface area contributed by atoms with Gasteiger partial charge in [-0.15, -0.1) is 0 Å². The molecule has 0 spiro atoms. The lowest BCUT2D eigenvalue weighted by Gasteiger charge is -2.06. The molecule has 0 bridgehead atoms. The minimum absolute atomic E-state index is 0.0294. The van der Waals surface area contributed by atoms with Gasteiger partial charge in [-0.25, -0.2) is 4.98 Å². The fraction of sp³-hybridized carbons (Fsp3) is 0.143. The summed E-state index contributed by atoms with van der Waals surface area (Å²) in [5, 5.41) is 8.54. The first-order valence-electron chi connectivity index (χ1n) is 3.44. The quantitative estimate of drug-likeness (QED) is 0.795. The number of anilines is 1. The van der Waals surface area contributed by atoms with Crippen LogP contribution in [0.25, 0.3) is 0 Å². The molecule has 0 saturated carbocycles. The third-order valence-corrected chi connectivity index (χ3v) is 2.63. The van der Waals surface area contributed by atoms with Crippen molar-refractivity contribution < 1.29 is 9.90 Å². The second-order valence-electron chi connectivity index (χ2n) is 2.46. The molecule has 0 aliphatic carbocycles. The van der Waals surface area contributed by atoms with Crippen LogP contribution in [0.3, 0.4) is 0 Å². The van der Waals surface area contributed by atoms with Crippen LogP contribution in [0.15, 0.2) is 0 Å². The lowest BCUT2D eigenvalue weighted by Crippen LogP contribution is -2.05. The summed E-state index contributed by atoms with van der Waals surface area (Å²) >= 11 is 17.0. The maximum Gasteiger partial charge on any atom is 0.309 e. The van der Waals surface area contributed by atoms with Crippen molar-refractivity contribution in [1.82, 2.24) is 4.98 Å². The molecule has 1 rings (SSSR count). The number of aromatic nitrogens is 1. The lowest BCUT2D eigenvalue weighted by atomic mass is 10.2. The van der Waals surface area contributed by atoms with E-state index in [1.165, 1.54) is 0 Å². The molecule has 0 fully saturated rings. The highest BCUT2D eigenvalue weighted by atomic mass is 35.5. The molecule has 1 aromatic rings. The van der Waals surface area contributed by atoms with Crippen LogP contribution in [-0.4, -0.2) is 16.1 Å². The third kappa shape index (κ3) is 2.20. The van der Waals surface area contributed by atoms with Crippen molar-refractivity contribution in [3.05, 3.63) is 20.9 Å². The number of carboxylic acid groups (broad SMARTS) is 1. The Labute approximate surface area is 94.6 Å². The van der Waals surface area contributed by atoms with Gasteiger partial charge in [-0.2, -0.15) is 0 Å². The molecular formula is C7H5Cl3N2O2. The van der Waals surface area contributed by atoms with Gasteiger partial charge in [0.1, 0.15) is 10.2 Å². The summed E-state index contributed by atoms with van der Waals surface area (Å²) in [6, 6.07) is 0. The van der Waals surface area contributed by atoms with Crippen molar-refractivity contribution in [2.75, 3.05) is 5.73 Å². The van der Waals surface area contributed by atoms with Gasteiger partial charge in [0.05, 0.1) is 22.8 Å². The average molecular weight is 255 g/mol. The Morgan fingerprint density at radius 1 is 1.36 bits per heavy atom. The van der Waals surface area contributed by atoms with Gasteiger partial charge >= 0.3 is 5.97 Å². The molecule has 0 unspecified atom stereocenters. The van der Waals surface area contributed by atoms with Crippen LogP contribution in [0.1, 0.15) is 5.69 Å². The van der Waals surface area contributed by atoms with Crippen molar-refractivity contribution in [2.24, 2.45) is 0 Å². The maximum absolute atomic E-state index is 10.4. The minimum Gasteiger partial charge on any atom is -0.481 e. The Kier molecular flexibility index (Phi) is 3.42. The van der Waals surface area contributed by atoms with E-state index in [-0.39, 0.29) is 33.0 Å². The third-order valence-electron chi connectivity index (χ3n) is 1.46. The number of aliphatic carboxylic acids is 1. The van der Waals surface area contributed by atoms with Gasteiger partial charge in [-0.1, -0.05) is 34.8 Å². The Bertz CT molecular complexity index is 395. The SMILES string of the molecule is Nc1c(Cl)c(Cl)nc(CC(=O)O)c1Cl. The molecule has 14 heavy (non-hydrogen) atoms. The first-order chi connectivity index (χ1) is 6.43. The summed E-state index contributed by atoms with van der Waals surface area (Å²) in [6.07, 6.45) is -0.347. The van der Waals surface area contributed by atoms with Gasteiger partial charge in [0, 0.05) is 0 Å². The molecule has 0 aliphatic rings. The van der Waals surface area contributed by atoms with Crippen LogP contribution in [-0.2, 0) is 11.2 Å². The standard InChI is InChI=1S/C7H5Cl3N2O2/c8-4-2(1-3(13)14)12-7(10)5(9)6(4)11/h1H2,(H2,11,12)(H,13,14). The van der Waals surface area contributed by atoms with Crippen molar-refractivity contribution in [2.45, 2.75) is 6.42 Å². The van der Waals surface area contributed by atoms with Crippen LogP contribution in [0.2, 0.25) is 15.2 Å². The molecule has 0 aliphatic heterocycles. The normalized spacial score (nSPS) is 10.2. The van der Waals surface area contributed by atoms with E-state index >= 15 is 0 Å². The lowest BCUT2D eigenvalue weighted by molar-refractivity contribution is -0.136. The summed E-state index contributed by atoms with van der Waals surface area (Å²) in [6.45, 7) is 0. The van der Waals surface area contributed by atoms with Crippen LogP contribution in [0, 0.1) is 0 Å². The molecule has 76 valence electrons. The number of carbonyl (C=O) groups is 1. The van der Waals surface area contributed by atoms with E-state index in [0.717, 1.165) is 0 Å². The molecule has 0 amide bonds. The van der Waals surface area contributed by atoms with E-state index < -0.39 is 5.97 Å². The number of hydrogen-bond donors (Lipinski definition) is 2. The fourth-order valence-corrected chi connectivity index (χ4v) is 1.43. The largest absolute Gasteiger partial charge is 0.481 e. The molecule has 0 saturated heterocycles. The zero-order valence-electron chi connectivity index (χ0n) is 6.72. The van der Waals surface area contributed by atoms with Crippen molar-refractivity contribution in [3.8, 4) is 0 Å². The number of halogens is 3. The van der Waals surface area contributed by atoms with E-state index in [1.54, 1.807) is 0 Å². The van der Waals surface area contributed by atoms with Crippen molar-refractivity contribution in [1.29, 1.82) is 0 Å². The van der Waals surface area contributed by atoms with Crippen molar-refractivity contribution in [3.63, 3.8) is 0 Å². The zero-order chi connectivity index (χ0) is 10.9. The number of nitrogens with two attached hydrogens (primary N) is 1. The zero-order valence-corrected chi connectivity index (χ0v) is 8.99. The molecule has 1 aromatic heterocycles. The highest BCUT2D eigenvalue weighted by Crippen LogP contribution is 2.34. The van der Waals surface area contributed by atoms with E-state index in [2.05, 4.69) is 4.98 Å². The number of nitrogen functional groups attached to an aromatic ring is 1. The van der Waals surface area contributed by atoms with E-state index in [9.17, 15) is 4.79 Å². The molecule has 1 heterocycles. The first kappa shape index (κ1) is 11.4. The number of hydrogen-bond acceptors (Lipinski definition) is 3. The summed E-state index contributed by atoms with van der Waals surface area (Å²) in [4.78, 5) is 14.1. The van der Waals surface area contributed by atoms with Gasteiger partial charge in [0.2, 0.25) is 0 Å². The summed E-state index contributed by atoms with van der Waals surface area (Å²) in [5.41, 5.74) is 5.63. The number of carboxylic acids is 1. The van der Waals surface area contributed by atoms with Gasteiger partial charge in [-0.05, 0) is 0 Å². The Morgan fingerprint density at radius 3 is 2.43 bits per heavy atom. The predicted molar refractivity (Wildman–Crippen MR) is 55.0 cm³/mol. The van der Waals surface area contributed by atoms with Gasteiger partial charge in [-0.3, -0.25) is 4.79 Å². The fourth-order valence-electron chi connectivity index (χ4n) is 0.840. The van der Waals surface area contributed by atoms with Crippen LogP contribution in [0.5, 0.6) is 0 Å². The smallest absolute Gasteiger partial charge is 0.309 e. The van der Waals surface area contributed by atoms with E-state index in [4.69, 9.17) is 45.6 Å². The van der Waals surface area contributed by atoms with Gasteiger partial charge < -0.3 is 10.8 Å². The number of pyridine rings is 1. The van der Waals surface area contributed by atoms with Crippen LogP contribution in [0.4, 0.5) is 5.69 Å². The second kappa shape index (κ2) is 4.21. The molecule has 4 nitrogen and oxygen atoms in total. The van der Waals surface area contributed by atoms with Gasteiger partial charge in [0.15, 0.2) is 0 Å². The van der Waals surface area contributed by atoms with Crippen LogP contribution < -0.4 is 5.73 Å². The highest BCUT2D eigenvalue weighted by molar-refractivity contribution is 6.45. The van der Waals surface area contributed by atoms with E-state index in [1.807, 2.05) is 0 Å². The summed E-state index contributed by atoms with van der Waals surface area (Å²) in [7, 11) is 0. The molecular weight excluding hydrogens is 250 g/mol. The minimum atomic E-state index is -1.07. The van der Waals surface area contributed by atoms with Crippen LogP contribution >= 0.6 is 34.8 Å². The molecule has 0 aromatic carbocycles. The number of nitrogens with zero attached hydrogens (tertiary/aromatic N) is 1. The number of rotatable bonds is 2. The molecule has 0 atom stereocenters. The Balaban J connectivity index is 3.25. The highest BCUT2D eigenvalue weighted by Gasteiger charge is 2.15. The summed E-state index contributed by atoms with van der Waals surface area (Å²) < 4.78 is 0. The van der Waals surface area contributed by atoms with E-state index in [0.29, 0.717) is 0 Å². The van der Waals surface area contributed by atoms with Gasteiger partial charge in [0.25, 0.3) is 0 Å². The van der Waals surface area contributed by atoms with Crippen molar-refractivity contribution >= 4 is 46.5 Å². The maximum atomic E-state index is 10.4.